The van der Waals surface area contributed by atoms with E-state index in [4.69, 9.17) is 10.3 Å². The van der Waals surface area contributed by atoms with E-state index in [1.807, 2.05) is 17.8 Å². The molecule has 1 aromatic rings. The number of nitrogens with two attached hydrogens (primary N) is 1. The van der Waals surface area contributed by atoms with Crippen molar-refractivity contribution in [3.8, 4) is 0 Å². The molecule has 13 heavy (non-hydrogen) atoms. The van der Waals surface area contributed by atoms with E-state index in [2.05, 4.69) is 5.16 Å². The van der Waals surface area contributed by atoms with Crippen LogP contribution in [0.2, 0.25) is 0 Å². The van der Waals surface area contributed by atoms with Crippen molar-refractivity contribution in [1.82, 2.24) is 5.16 Å². The topological polar surface area (TPSA) is 52.0 Å². The summed E-state index contributed by atoms with van der Waals surface area (Å²) in [5.41, 5.74) is 6.33. The first-order valence-corrected chi connectivity index (χ1v) is 5.79. The van der Waals surface area contributed by atoms with Gasteiger partial charge in [0.2, 0.25) is 0 Å². The van der Waals surface area contributed by atoms with Crippen LogP contribution in [0.4, 0.5) is 0 Å². The summed E-state index contributed by atoms with van der Waals surface area (Å²) < 4.78 is 5.26. The number of aromatic nitrogens is 1. The molecule has 2 heterocycles. The average molecular weight is 198 g/mol. The quantitative estimate of drug-likeness (QED) is 0.786. The van der Waals surface area contributed by atoms with Crippen molar-refractivity contribution in [1.29, 1.82) is 0 Å². The molecular formula is C9H14N2OS. The Morgan fingerprint density at radius 3 is 2.92 bits per heavy atom. The molecule has 0 saturated carbocycles. The van der Waals surface area contributed by atoms with Crippen LogP contribution in [0.25, 0.3) is 0 Å². The molecule has 0 aliphatic carbocycles. The van der Waals surface area contributed by atoms with Crippen molar-refractivity contribution in [2.24, 2.45) is 5.73 Å². The highest BCUT2D eigenvalue weighted by Crippen LogP contribution is 2.31. The molecule has 1 aromatic heterocycles. The molecular weight excluding hydrogens is 184 g/mol. The van der Waals surface area contributed by atoms with Gasteiger partial charge in [-0.15, -0.1) is 0 Å². The van der Waals surface area contributed by atoms with Gasteiger partial charge < -0.3 is 10.3 Å². The van der Waals surface area contributed by atoms with Crippen molar-refractivity contribution in [2.45, 2.75) is 25.3 Å². The molecule has 1 fully saturated rings. The Morgan fingerprint density at radius 1 is 1.54 bits per heavy atom. The molecule has 2 N–H and O–H groups in total. The van der Waals surface area contributed by atoms with Gasteiger partial charge in [0.15, 0.2) is 0 Å². The van der Waals surface area contributed by atoms with E-state index in [1.165, 1.54) is 24.3 Å². The molecule has 0 spiro atoms. The van der Waals surface area contributed by atoms with Crippen molar-refractivity contribution < 1.29 is 4.52 Å². The lowest BCUT2D eigenvalue weighted by Crippen LogP contribution is -2.06. The molecule has 2 rings (SSSR count). The van der Waals surface area contributed by atoms with Gasteiger partial charge in [-0.2, -0.15) is 11.8 Å². The summed E-state index contributed by atoms with van der Waals surface area (Å²) in [5.74, 6) is 4.09. The van der Waals surface area contributed by atoms with Crippen LogP contribution in [0, 0.1) is 0 Å². The summed E-state index contributed by atoms with van der Waals surface area (Å²) in [6.45, 7) is 0.477. The van der Waals surface area contributed by atoms with Gasteiger partial charge in [-0.05, 0) is 24.3 Å². The summed E-state index contributed by atoms with van der Waals surface area (Å²) in [7, 11) is 0. The first kappa shape index (κ1) is 9.09. The summed E-state index contributed by atoms with van der Waals surface area (Å²) in [4.78, 5) is 0. The van der Waals surface area contributed by atoms with Crippen molar-refractivity contribution in [3.05, 3.63) is 17.5 Å². The number of hydrogen-bond donors (Lipinski definition) is 1. The van der Waals surface area contributed by atoms with Crippen molar-refractivity contribution in [2.75, 3.05) is 11.5 Å². The van der Waals surface area contributed by atoms with Gasteiger partial charge in [0, 0.05) is 18.5 Å². The Kier molecular flexibility index (Phi) is 2.90. The summed E-state index contributed by atoms with van der Waals surface area (Å²) in [6, 6.07) is 2.00. The lowest BCUT2D eigenvalue weighted by atomic mass is 10.00. The van der Waals surface area contributed by atoms with Crippen LogP contribution in [0.15, 0.2) is 10.6 Å². The summed E-state index contributed by atoms with van der Waals surface area (Å²) >= 11 is 2.02. The maximum atomic E-state index is 5.47. The van der Waals surface area contributed by atoms with Gasteiger partial charge in [0.05, 0.1) is 5.69 Å². The van der Waals surface area contributed by atoms with E-state index in [-0.39, 0.29) is 0 Å². The molecule has 3 nitrogen and oxygen atoms in total. The van der Waals surface area contributed by atoms with Crippen LogP contribution in [0.5, 0.6) is 0 Å². The molecule has 0 amide bonds. The Morgan fingerprint density at radius 2 is 2.31 bits per heavy atom. The Labute approximate surface area is 82.0 Å². The predicted molar refractivity (Wildman–Crippen MR) is 53.7 cm³/mol. The number of hydrogen-bond acceptors (Lipinski definition) is 4. The number of thioether (sulfide) groups is 1. The standard InChI is InChI=1S/C9H14N2OS/c10-6-8-5-9(12-11-8)7-1-3-13-4-2-7/h5,7H,1-4,6,10H2. The monoisotopic (exact) mass is 198 g/mol. The van der Waals surface area contributed by atoms with Gasteiger partial charge in [0.25, 0.3) is 0 Å². The highest BCUT2D eigenvalue weighted by molar-refractivity contribution is 7.99. The minimum atomic E-state index is 0.477. The van der Waals surface area contributed by atoms with E-state index >= 15 is 0 Å². The first-order valence-electron chi connectivity index (χ1n) is 4.63. The zero-order valence-electron chi connectivity index (χ0n) is 7.53. The van der Waals surface area contributed by atoms with Crippen molar-refractivity contribution in [3.63, 3.8) is 0 Å². The Balaban J connectivity index is 2.05. The fraction of sp³-hybridized carbons (Fsp3) is 0.667. The second-order valence-corrected chi connectivity index (χ2v) is 4.54. The summed E-state index contributed by atoms with van der Waals surface area (Å²) in [6.07, 6.45) is 2.42. The Hall–Kier alpha value is -0.480. The minimum Gasteiger partial charge on any atom is -0.361 e. The lowest BCUT2D eigenvalue weighted by molar-refractivity contribution is 0.348. The van der Waals surface area contributed by atoms with Gasteiger partial charge >= 0.3 is 0 Å². The van der Waals surface area contributed by atoms with Gasteiger partial charge in [-0.3, -0.25) is 0 Å². The van der Waals surface area contributed by atoms with Crippen LogP contribution in [0.1, 0.15) is 30.2 Å². The highest BCUT2D eigenvalue weighted by Gasteiger charge is 2.19. The summed E-state index contributed by atoms with van der Waals surface area (Å²) in [5, 5.41) is 3.90. The Bertz CT molecular complexity index is 268. The second-order valence-electron chi connectivity index (χ2n) is 3.31. The number of rotatable bonds is 2. The van der Waals surface area contributed by atoms with Crippen LogP contribution >= 0.6 is 11.8 Å². The molecule has 0 bridgehead atoms. The molecule has 0 aromatic carbocycles. The fourth-order valence-corrected chi connectivity index (χ4v) is 2.71. The third kappa shape index (κ3) is 2.06. The van der Waals surface area contributed by atoms with Gasteiger partial charge in [-0.1, -0.05) is 5.16 Å². The predicted octanol–water partition coefficient (Wildman–Crippen LogP) is 1.74. The molecule has 1 saturated heterocycles. The van der Waals surface area contributed by atoms with Gasteiger partial charge in [-0.25, -0.2) is 0 Å². The molecule has 0 radical (unpaired) electrons. The highest BCUT2D eigenvalue weighted by atomic mass is 32.2. The zero-order valence-corrected chi connectivity index (χ0v) is 8.35. The fourth-order valence-electron chi connectivity index (χ4n) is 1.60. The molecule has 4 heteroatoms. The van der Waals surface area contributed by atoms with E-state index in [0.717, 1.165) is 11.5 Å². The van der Waals surface area contributed by atoms with E-state index in [9.17, 15) is 0 Å². The maximum Gasteiger partial charge on any atom is 0.140 e. The van der Waals surface area contributed by atoms with Crippen LogP contribution < -0.4 is 5.73 Å². The molecule has 0 atom stereocenters. The minimum absolute atomic E-state index is 0.477. The van der Waals surface area contributed by atoms with Crippen LogP contribution in [-0.4, -0.2) is 16.7 Å². The maximum absolute atomic E-state index is 5.47. The van der Waals surface area contributed by atoms with E-state index in [0.29, 0.717) is 12.5 Å². The third-order valence-corrected chi connectivity index (χ3v) is 3.46. The largest absolute Gasteiger partial charge is 0.361 e. The molecule has 0 unspecified atom stereocenters. The van der Waals surface area contributed by atoms with Crippen LogP contribution in [0.3, 0.4) is 0 Å². The van der Waals surface area contributed by atoms with E-state index in [1.54, 1.807) is 0 Å². The first-order chi connectivity index (χ1) is 6.40. The molecule has 1 aliphatic heterocycles. The smallest absolute Gasteiger partial charge is 0.140 e. The van der Waals surface area contributed by atoms with Crippen LogP contribution in [-0.2, 0) is 6.54 Å². The lowest BCUT2D eigenvalue weighted by Gasteiger charge is -2.17. The second kappa shape index (κ2) is 4.15. The normalized spacial score (nSPS) is 19.2. The molecule has 1 aliphatic rings. The third-order valence-electron chi connectivity index (χ3n) is 2.41. The van der Waals surface area contributed by atoms with Crippen molar-refractivity contribution >= 4 is 11.8 Å². The molecule has 72 valence electrons. The average Bonchev–Trinajstić information content (AvgIpc) is 2.67. The zero-order chi connectivity index (χ0) is 9.10. The SMILES string of the molecule is NCc1cc(C2CCSCC2)on1. The van der Waals surface area contributed by atoms with E-state index < -0.39 is 0 Å². The van der Waals surface area contributed by atoms with Gasteiger partial charge in [0.1, 0.15) is 5.76 Å². The number of nitrogens with zero attached hydrogens (tertiary/aromatic N) is 1.